The van der Waals surface area contributed by atoms with E-state index in [1.807, 2.05) is 0 Å². The Labute approximate surface area is 95.0 Å². The zero-order valence-corrected chi connectivity index (χ0v) is 9.00. The number of hydrogen-bond acceptors (Lipinski definition) is 1. The molecule has 1 aromatic rings. The molecule has 1 aromatic carbocycles. The van der Waals surface area contributed by atoms with Gasteiger partial charge < -0.3 is 5.73 Å². The average Bonchev–Trinajstić information content (AvgIpc) is 2.08. The highest BCUT2D eigenvalue weighted by Gasteiger charge is 2.36. The summed E-state index contributed by atoms with van der Waals surface area (Å²) in [5.74, 6) is 0. The first-order valence-corrected chi connectivity index (χ1v) is 4.82. The van der Waals surface area contributed by atoms with Gasteiger partial charge in [-0.3, -0.25) is 0 Å². The maximum absolute atomic E-state index is 12.2. The lowest BCUT2D eigenvalue weighted by Crippen LogP contribution is -2.39. The molecule has 1 nitrogen and oxygen atoms in total. The molecule has 0 radical (unpaired) electrons. The fourth-order valence-electron chi connectivity index (χ4n) is 1.04. The largest absolute Gasteiger partial charge is 0.403 e. The molecule has 2 N–H and O–H groups in total. The van der Waals surface area contributed by atoms with Crippen molar-refractivity contribution in [2.45, 2.75) is 18.6 Å². The molecule has 1 atom stereocenters. The van der Waals surface area contributed by atoms with Crippen molar-refractivity contribution in [3.8, 4) is 0 Å². The van der Waals surface area contributed by atoms with E-state index in [1.54, 1.807) is 0 Å². The minimum absolute atomic E-state index is 0.196. The Morgan fingerprint density at radius 3 is 2.33 bits per heavy atom. The fraction of sp³-hybridized carbons (Fsp3) is 0.333. The lowest BCUT2D eigenvalue weighted by atomic mass is 10.1. The lowest BCUT2D eigenvalue weighted by Gasteiger charge is -2.16. The van der Waals surface area contributed by atoms with E-state index < -0.39 is 12.2 Å². The van der Waals surface area contributed by atoms with Crippen LogP contribution in [0.25, 0.3) is 0 Å². The Bertz CT molecular complexity index is 352. The van der Waals surface area contributed by atoms with Crippen LogP contribution in [0.4, 0.5) is 13.2 Å². The molecule has 0 spiro atoms. The molecule has 0 bridgehead atoms. The molecule has 15 heavy (non-hydrogen) atoms. The van der Waals surface area contributed by atoms with Gasteiger partial charge in [0.2, 0.25) is 0 Å². The van der Waals surface area contributed by atoms with Crippen molar-refractivity contribution in [1.82, 2.24) is 0 Å². The first-order chi connectivity index (χ1) is 6.80. The van der Waals surface area contributed by atoms with E-state index in [0.29, 0.717) is 10.6 Å². The molecule has 0 saturated carbocycles. The second-order valence-electron chi connectivity index (χ2n) is 3.09. The standard InChI is InChI=1S/C9H8Cl2F3N/c10-6-2-1-5(7(11)4-6)3-8(15)9(12,13)14/h1-2,4,8H,3,15H2. The van der Waals surface area contributed by atoms with Gasteiger partial charge in [0, 0.05) is 10.0 Å². The minimum atomic E-state index is -4.41. The Morgan fingerprint density at radius 1 is 1.27 bits per heavy atom. The third-order valence-electron chi connectivity index (χ3n) is 1.88. The van der Waals surface area contributed by atoms with Crippen molar-refractivity contribution in [3.63, 3.8) is 0 Å². The second-order valence-corrected chi connectivity index (χ2v) is 3.93. The third kappa shape index (κ3) is 3.55. The molecule has 1 unspecified atom stereocenters. The van der Waals surface area contributed by atoms with Gasteiger partial charge in [-0.15, -0.1) is 0 Å². The first kappa shape index (κ1) is 12.6. The Hall–Kier alpha value is -0.450. The van der Waals surface area contributed by atoms with Crippen molar-refractivity contribution in [2.75, 3.05) is 0 Å². The van der Waals surface area contributed by atoms with Gasteiger partial charge in [-0.25, -0.2) is 0 Å². The Balaban J connectivity index is 2.82. The van der Waals surface area contributed by atoms with Crippen LogP contribution >= 0.6 is 23.2 Å². The normalized spacial score (nSPS) is 14.0. The molecular formula is C9H8Cl2F3N. The van der Waals surface area contributed by atoms with Gasteiger partial charge in [0.15, 0.2) is 0 Å². The molecule has 0 aliphatic carbocycles. The number of hydrogen-bond donors (Lipinski definition) is 1. The summed E-state index contributed by atoms with van der Waals surface area (Å²) in [5, 5.41) is 0.575. The lowest BCUT2D eigenvalue weighted by molar-refractivity contribution is -0.147. The van der Waals surface area contributed by atoms with Crippen LogP contribution in [0.1, 0.15) is 5.56 Å². The SMILES string of the molecule is NC(Cc1ccc(Cl)cc1Cl)C(F)(F)F. The van der Waals surface area contributed by atoms with Crippen LogP contribution in [0.2, 0.25) is 10.0 Å². The number of halogens is 5. The predicted molar refractivity (Wildman–Crippen MR) is 54.2 cm³/mol. The van der Waals surface area contributed by atoms with Crippen molar-refractivity contribution in [3.05, 3.63) is 33.8 Å². The smallest absolute Gasteiger partial charge is 0.320 e. The molecule has 1 rings (SSSR count). The monoisotopic (exact) mass is 257 g/mol. The fourth-order valence-corrected chi connectivity index (χ4v) is 1.53. The molecule has 84 valence electrons. The summed E-state index contributed by atoms with van der Waals surface area (Å²) in [6.07, 6.45) is -4.76. The zero-order valence-electron chi connectivity index (χ0n) is 7.48. The van der Waals surface area contributed by atoms with Gasteiger partial charge in [-0.05, 0) is 24.1 Å². The second kappa shape index (κ2) is 4.60. The third-order valence-corrected chi connectivity index (χ3v) is 2.46. The van der Waals surface area contributed by atoms with Gasteiger partial charge in [0.1, 0.15) is 6.04 Å². The molecular weight excluding hydrogens is 250 g/mol. The summed E-state index contributed by atoms with van der Waals surface area (Å²) in [7, 11) is 0. The molecule has 0 aromatic heterocycles. The molecule has 0 aliphatic heterocycles. The topological polar surface area (TPSA) is 26.0 Å². The van der Waals surface area contributed by atoms with Crippen LogP contribution in [0.3, 0.4) is 0 Å². The minimum Gasteiger partial charge on any atom is -0.320 e. The van der Waals surface area contributed by atoms with Crippen molar-refractivity contribution in [2.24, 2.45) is 5.73 Å². The van der Waals surface area contributed by atoms with E-state index in [2.05, 4.69) is 0 Å². The zero-order chi connectivity index (χ0) is 11.6. The summed E-state index contributed by atoms with van der Waals surface area (Å²) in [6.45, 7) is 0. The van der Waals surface area contributed by atoms with Crippen molar-refractivity contribution in [1.29, 1.82) is 0 Å². The maximum atomic E-state index is 12.2. The first-order valence-electron chi connectivity index (χ1n) is 4.07. The van der Waals surface area contributed by atoms with Gasteiger partial charge in [-0.1, -0.05) is 29.3 Å². The van der Waals surface area contributed by atoms with Crippen LogP contribution in [0.5, 0.6) is 0 Å². The molecule has 0 saturated heterocycles. The molecule has 0 heterocycles. The highest BCUT2D eigenvalue weighted by Crippen LogP contribution is 2.26. The van der Waals surface area contributed by atoms with Gasteiger partial charge >= 0.3 is 6.18 Å². The maximum Gasteiger partial charge on any atom is 0.403 e. The molecule has 0 fully saturated rings. The van der Waals surface area contributed by atoms with E-state index >= 15 is 0 Å². The number of benzene rings is 1. The summed E-state index contributed by atoms with van der Waals surface area (Å²) in [6, 6.07) is 2.40. The van der Waals surface area contributed by atoms with Gasteiger partial charge in [0.05, 0.1) is 0 Å². The van der Waals surface area contributed by atoms with E-state index in [-0.39, 0.29) is 11.4 Å². The average molecular weight is 258 g/mol. The van der Waals surface area contributed by atoms with Crippen molar-refractivity contribution < 1.29 is 13.2 Å². The van der Waals surface area contributed by atoms with Crippen LogP contribution in [-0.4, -0.2) is 12.2 Å². The van der Waals surface area contributed by atoms with Crippen LogP contribution in [0.15, 0.2) is 18.2 Å². The summed E-state index contributed by atoms with van der Waals surface area (Å²) in [4.78, 5) is 0. The summed E-state index contributed by atoms with van der Waals surface area (Å²) >= 11 is 11.3. The quantitative estimate of drug-likeness (QED) is 0.864. The van der Waals surface area contributed by atoms with Gasteiger partial charge in [0.25, 0.3) is 0 Å². The number of alkyl halides is 3. The molecule has 0 amide bonds. The number of nitrogens with two attached hydrogens (primary N) is 1. The summed E-state index contributed by atoms with van der Waals surface area (Å²) < 4.78 is 36.5. The molecule has 0 aliphatic rings. The van der Waals surface area contributed by atoms with E-state index in [0.717, 1.165) is 0 Å². The van der Waals surface area contributed by atoms with Crippen LogP contribution in [0, 0.1) is 0 Å². The van der Waals surface area contributed by atoms with Gasteiger partial charge in [-0.2, -0.15) is 13.2 Å². The number of rotatable bonds is 2. The van der Waals surface area contributed by atoms with E-state index in [4.69, 9.17) is 28.9 Å². The van der Waals surface area contributed by atoms with E-state index in [9.17, 15) is 13.2 Å². The molecule has 6 heteroatoms. The van der Waals surface area contributed by atoms with E-state index in [1.165, 1.54) is 18.2 Å². The van der Waals surface area contributed by atoms with Crippen molar-refractivity contribution >= 4 is 23.2 Å². The van der Waals surface area contributed by atoms with Crippen LogP contribution in [-0.2, 0) is 6.42 Å². The highest BCUT2D eigenvalue weighted by atomic mass is 35.5. The predicted octanol–water partition coefficient (Wildman–Crippen LogP) is 3.43. The summed E-state index contributed by atoms with van der Waals surface area (Å²) in [5.41, 5.74) is 5.31. The highest BCUT2D eigenvalue weighted by molar-refractivity contribution is 6.35. The Morgan fingerprint density at radius 2 is 1.87 bits per heavy atom. The van der Waals surface area contributed by atoms with Crippen LogP contribution < -0.4 is 5.73 Å². The Kier molecular flexibility index (Phi) is 3.87.